The molecule has 1 amide bonds. The normalized spacial score (nSPS) is 11.9. The SMILES string of the molecule is CC(NC(=O)c1ccc(Cl)nc1)c1cccc(F)c1. The van der Waals surface area contributed by atoms with Gasteiger partial charge in [-0.2, -0.15) is 0 Å². The maximum absolute atomic E-state index is 13.1. The third kappa shape index (κ3) is 3.51. The molecule has 1 unspecified atom stereocenters. The van der Waals surface area contributed by atoms with Crippen LogP contribution in [-0.4, -0.2) is 10.9 Å². The van der Waals surface area contributed by atoms with Gasteiger partial charge in [-0.25, -0.2) is 9.37 Å². The molecule has 1 aromatic carbocycles. The van der Waals surface area contributed by atoms with E-state index in [-0.39, 0.29) is 17.8 Å². The van der Waals surface area contributed by atoms with Crippen LogP contribution >= 0.6 is 11.6 Å². The molecule has 19 heavy (non-hydrogen) atoms. The predicted molar refractivity (Wildman–Crippen MR) is 71.5 cm³/mol. The highest BCUT2D eigenvalue weighted by Gasteiger charge is 2.12. The maximum Gasteiger partial charge on any atom is 0.253 e. The van der Waals surface area contributed by atoms with Gasteiger partial charge in [0.15, 0.2) is 0 Å². The number of hydrogen-bond donors (Lipinski definition) is 1. The summed E-state index contributed by atoms with van der Waals surface area (Å²) in [5.41, 5.74) is 1.11. The zero-order valence-corrected chi connectivity index (χ0v) is 11.0. The van der Waals surface area contributed by atoms with Crippen molar-refractivity contribution in [3.63, 3.8) is 0 Å². The minimum absolute atomic E-state index is 0.277. The van der Waals surface area contributed by atoms with Crippen molar-refractivity contribution in [3.8, 4) is 0 Å². The number of aromatic nitrogens is 1. The van der Waals surface area contributed by atoms with E-state index < -0.39 is 0 Å². The molecule has 5 heteroatoms. The van der Waals surface area contributed by atoms with Crippen molar-refractivity contribution < 1.29 is 9.18 Å². The average Bonchev–Trinajstić information content (AvgIpc) is 2.39. The quantitative estimate of drug-likeness (QED) is 0.875. The summed E-state index contributed by atoms with van der Waals surface area (Å²) in [7, 11) is 0. The van der Waals surface area contributed by atoms with E-state index in [4.69, 9.17) is 11.6 Å². The molecule has 2 rings (SSSR count). The Morgan fingerprint density at radius 2 is 2.16 bits per heavy atom. The molecular formula is C14H12ClFN2O. The van der Waals surface area contributed by atoms with E-state index in [1.54, 1.807) is 31.2 Å². The predicted octanol–water partition coefficient (Wildman–Crippen LogP) is 3.37. The Bertz CT molecular complexity index is 586. The second-order valence-corrected chi connectivity index (χ2v) is 4.51. The van der Waals surface area contributed by atoms with Crippen LogP contribution in [0.3, 0.4) is 0 Å². The van der Waals surface area contributed by atoms with E-state index in [1.165, 1.54) is 18.3 Å². The van der Waals surface area contributed by atoms with Crippen LogP contribution in [0.25, 0.3) is 0 Å². The Kier molecular flexibility index (Phi) is 4.12. The molecule has 0 bridgehead atoms. The van der Waals surface area contributed by atoms with E-state index in [0.717, 1.165) is 0 Å². The smallest absolute Gasteiger partial charge is 0.253 e. The first-order valence-electron chi connectivity index (χ1n) is 5.74. The molecular weight excluding hydrogens is 267 g/mol. The number of amides is 1. The summed E-state index contributed by atoms with van der Waals surface area (Å²) in [6.07, 6.45) is 1.40. The molecule has 3 nitrogen and oxygen atoms in total. The lowest BCUT2D eigenvalue weighted by molar-refractivity contribution is 0.0939. The van der Waals surface area contributed by atoms with E-state index >= 15 is 0 Å². The highest BCUT2D eigenvalue weighted by molar-refractivity contribution is 6.29. The summed E-state index contributed by atoms with van der Waals surface area (Å²) in [5.74, 6) is -0.604. The highest BCUT2D eigenvalue weighted by atomic mass is 35.5. The summed E-state index contributed by atoms with van der Waals surface area (Å²) in [4.78, 5) is 15.8. The van der Waals surface area contributed by atoms with Crippen molar-refractivity contribution >= 4 is 17.5 Å². The standard InChI is InChI=1S/C14H12ClFN2O/c1-9(10-3-2-4-12(16)7-10)18-14(19)11-5-6-13(15)17-8-11/h2-9H,1H3,(H,18,19). The lowest BCUT2D eigenvalue weighted by Gasteiger charge is -2.14. The number of rotatable bonds is 3. The molecule has 0 aliphatic carbocycles. The summed E-state index contributed by atoms with van der Waals surface area (Å²) >= 11 is 5.65. The number of pyridine rings is 1. The summed E-state index contributed by atoms with van der Waals surface area (Å²) < 4.78 is 13.1. The van der Waals surface area contributed by atoms with Gasteiger partial charge in [0.1, 0.15) is 11.0 Å². The van der Waals surface area contributed by atoms with E-state index in [0.29, 0.717) is 16.3 Å². The van der Waals surface area contributed by atoms with Gasteiger partial charge >= 0.3 is 0 Å². The minimum Gasteiger partial charge on any atom is -0.345 e. The minimum atomic E-state index is -0.327. The van der Waals surface area contributed by atoms with Crippen LogP contribution in [0.5, 0.6) is 0 Å². The number of hydrogen-bond acceptors (Lipinski definition) is 2. The van der Waals surface area contributed by atoms with Crippen LogP contribution in [0.15, 0.2) is 42.6 Å². The van der Waals surface area contributed by atoms with Crippen LogP contribution in [0.2, 0.25) is 5.15 Å². The molecule has 0 radical (unpaired) electrons. The average molecular weight is 279 g/mol. The Balaban J connectivity index is 2.08. The Morgan fingerprint density at radius 3 is 2.79 bits per heavy atom. The third-order valence-electron chi connectivity index (χ3n) is 2.69. The highest BCUT2D eigenvalue weighted by Crippen LogP contribution is 2.14. The Labute approximate surface area is 115 Å². The molecule has 0 aliphatic heterocycles. The number of carbonyl (C=O) groups is 1. The van der Waals surface area contributed by atoms with Crippen LogP contribution in [0.1, 0.15) is 28.9 Å². The first-order valence-corrected chi connectivity index (χ1v) is 6.12. The molecule has 98 valence electrons. The molecule has 1 heterocycles. The number of nitrogens with one attached hydrogen (secondary N) is 1. The number of benzene rings is 1. The van der Waals surface area contributed by atoms with Crippen molar-refractivity contribution in [1.29, 1.82) is 0 Å². The van der Waals surface area contributed by atoms with Crippen LogP contribution in [0, 0.1) is 5.82 Å². The van der Waals surface area contributed by atoms with Gasteiger partial charge in [-0.15, -0.1) is 0 Å². The lowest BCUT2D eigenvalue weighted by atomic mass is 10.1. The second kappa shape index (κ2) is 5.80. The van der Waals surface area contributed by atoms with Gasteiger partial charge in [0.2, 0.25) is 0 Å². The number of halogens is 2. The van der Waals surface area contributed by atoms with Crippen molar-refractivity contribution in [1.82, 2.24) is 10.3 Å². The molecule has 1 aromatic heterocycles. The van der Waals surface area contributed by atoms with Crippen LogP contribution in [-0.2, 0) is 0 Å². The van der Waals surface area contributed by atoms with Crippen LogP contribution < -0.4 is 5.32 Å². The fraction of sp³-hybridized carbons (Fsp3) is 0.143. The van der Waals surface area contributed by atoms with Gasteiger partial charge in [-0.3, -0.25) is 4.79 Å². The largest absolute Gasteiger partial charge is 0.345 e. The molecule has 0 saturated carbocycles. The van der Waals surface area contributed by atoms with Gasteiger partial charge < -0.3 is 5.32 Å². The Hall–Kier alpha value is -1.94. The zero-order valence-electron chi connectivity index (χ0n) is 10.2. The van der Waals surface area contributed by atoms with E-state index in [9.17, 15) is 9.18 Å². The monoisotopic (exact) mass is 278 g/mol. The molecule has 1 atom stereocenters. The van der Waals surface area contributed by atoms with Gasteiger partial charge in [0, 0.05) is 6.20 Å². The van der Waals surface area contributed by atoms with Crippen LogP contribution in [0.4, 0.5) is 4.39 Å². The Morgan fingerprint density at radius 1 is 1.37 bits per heavy atom. The summed E-state index contributed by atoms with van der Waals surface area (Å²) in [6.45, 7) is 1.79. The third-order valence-corrected chi connectivity index (χ3v) is 2.91. The first kappa shape index (κ1) is 13.5. The first-order chi connectivity index (χ1) is 9.06. The molecule has 0 fully saturated rings. The molecule has 0 spiro atoms. The van der Waals surface area contributed by atoms with Gasteiger partial charge in [-0.05, 0) is 36.8 Å². The number of nitrogens with zero attached hydrogens (tertiary/aromatic N) is 1. The van der Waals surface area contributed by atoms with E-state index in [1.807, 2.05) is 0 Å². The van der Waals surface area contributed by atoms with Crippen molar-refractivity contribution in [2.75, 3.05) is 0 Å². The van der Waals surface area contributed by atoms with Gasteiger partial charge in [0.25, 0.3) is 5.91 Å². The van der Waals surface area contributed by atoms with Crippen molar-refractivity contribution in [2.45, 2.75) is 13.0 Å². The molecule has 0 aliphatic rings. The topological polar surface area (TPSA) is 42.0 Å². The summed E-state index contributed by atoms with van der Waals surface area (Å²) in [5, 5.41) is 3.10. The second-order valence-electron chi connectivity index (χ2n) is 4.12. The fourth-order valence-corrected chi connectivity index (χ4v) is 1.76. The molecule has 0 saturated heterocycles. The molecule has 2 aromatic rings. The van der Waals surface area contributed by atoms with Crippen molar-refractivity contribution in [2.24, 2.45) is 0 Å². The van der Waals surface area contributed by atoms with Gasteiger partial charge in [-0.1, -0.05) is 23.7 Å². The zero-order chi connectivity index (χ0) is 13.8. The lowest BCUT2D eigenvalue weighted by Crippen LogP contribution is -2.26. The summed E-state index contributed by atoms with van der Waals surface area (Å²) in [6, 6.07) is 8.96. The van der Waals surface area contributed by atoms with E-state index in [2.05, 4.69) is 10.3 Å². The van der Waals surface area contributed by atoms with Crippen molar-refractivity contribution in [3.05, 3.63) is 64.7 Å². The number of carbonyl (C=O) groups excluding carboxylic acids is 1. The maximum atomic E-state index is 13.1. The molecule has 1 N–H and O–H groups in total. The fourth-order valence-electron chi connectivity index (χ4n) is 1.65. The van der Waals surface area contributed by atoms with Gasteiger partial charge in [0.05, 0.1) is 11.6 Å².